The van der Waals surface area contributed by atoms with Crippen LogP contribution in [0, 0.1) is 21.7 Å². The fraction of sp³-hybridized carbons (Fsp3) is 0.281. The van der Waals surface area contributed by atoms with E-state index < -0.39 is 32.7 Å². The third-order valence-corrected chi connectivity index (χ3v) is 14.9. The van der Waals surface area contributed by atoms with Crippen LogP contribution in [0.2, 0.25) is 0 Å². The molecule has 5 aromatic carbocycles. The summed E-state index contributed by atoms with van der Waals surface area (Å²) < 4.78 is 4.81. The highest BCUT2D eigenvalue weighted by molar-refractivity contribution is 6.13. The zero-order chi connectivity index (χ0) is 49.5. The Morgan fingerprint density at radius 2 is 0.643 bits per heavy atom. The Bertz CT molecular complexity index is 3170. The van der Waals surface area contributed by atoms with E-state index in [4.69, 9.17) is 9.97 Å². The first-order valence-electron chi connectivity index (χ1n) is 24.8. The quantitative estimate of drug-likeness (QED) is 0.176. The summed E-state index contributed by atoms with van der Waals surface area (Å²) in [7, 11) is 0. The lowest BCUT2D eigenvalue weighted by molar-refractivity contribution is -0.115. The Hall–Kier alpha value is -7.18. The maximum atomic E-state index is 14.7. The highest BCUT2D eigenvalue weighted by Crippen LogP contribution is 2.58. The van der Waals surface area contributed by atoms with E-state index in [0.717, 1.165) is 101 Å². The van der Waals surface area contributed by atoms with Crippen molar-refractivity contribution in [3.8, 4) is 67.8 Å². The molecular weight excluding hydrogens is 857 g/mol. The molecule has 0 amide bonds. The minimum Gasteiger partial charge on any atom is -0.306 e. The van der Waals surface area contributed by atoms with Gasteiger partial charge in [0.2, 0.25) is 0 Å². The van der Waals surface area contributed by atoms with Gasteiger partial charge in [-0.2, -0.15) is 0 Å². The number of benzene rings is 5. The second kappa shape index (κ2) is 15.2. The van der Waals surface area contributed by atoms with Crippen LogP contribution >= 0.6 is 0 Å². The monoisotopic (exact) mass is 918 g/mol. The van der Waals surface area contributed by atoms with Crippen LogP contribution < -0.4 is 0 Å². The van der Waals surface area contributed by atoms with E-state index in [0.29, 0.717) is 0 Å². The van der Waals surface area contributed by atoms with Crippen molar-refractivity contribution in [2.75, 3.05) is 0 Å². The maximum absolute atomic E-state index is 14.7. The molecule has 2 spiro atoms. The molecule has 2 aliphatic heterocycles. The molecule has 0 fully saturated rings. The smallest absolute Gasteiger partial charge is 0.185 e. The Balaban J connectivity index is 1.18. The number of carbonyl (C=O) groups is 2. The fourth-order valence-corrected chi connectivity index (χ4v) is 11.4. The molecule has 7 aromatic rings. The number of hydrogen-bond acceptors (Lipinski definition) is 4. The van der Waals surface area contributed by atoms with E-state index in [9.17, 15) is 9.59 Å². The molecule has 2 aliphatic carbocycles. The molecule has 350 valence electrons. The van der Waals surface area contributed by atoms with Crippen molar-refractivity contribution < 1.29 is 9.59 Å². The van der Waals surface area contributed by atoms with Gasteiger partial charge in [0.05, 0.1) is 22.8 Å². The Morgan fingerprint density at radius 3 is 0.943 bits per heavy atom. The van der Waals surface area contributed by atoms with E-state index in [1.54, 1.807) is 0 Å². The second-order valence-electron chi connectivity index (χ2n) is 23.9. The van der Waals surface area contributed by atoms with Crippen LogP contribution in [-0.2, 0) is 20.7 Å². The van der Waals surface area contributed by atoms with Gasteiger partial charge in [0.1, 0.15) is 22.7 Å². The molecule has 0 saturated carbocycles. The molecular formula is C64H62N4O2. The Labute approximate surface area is 413 Å². The molecule has 0 atom stereocenters. The lowest BCUT2D eigenvalue weighted by atomic mass is 9.67. The van der Waals surface area contributed by atoms with E-state index in [2.05, 4.69) is 238 Å². The molecule has 4 aliphatic rings. The van der Waals surface area contributed by atoms with Gasteiger partial charge in [0.15, 0.2) is 11.6 Å². The van der Waals surface area contributed by atoms with E-state index in [1.807, 2.05) is 12.1 Å². The number of hydrogen-bond donors (Lipinski definition) is 0. The number of carbonyl (C=O) groups excluding carboxylic acids is 2. The van der Waals surface area contributed by atoms with Crippen molar-refractivity contribution in [1.29, 1.82) is 0 Å². The number of fused-ring (bicyclic) bond motifs is 10. The second-order valence-corrected chi connectivity index (χ2v) is 23.9. The van der Waals surface area contributed by atoms with E-state index >= 15 is 0 Å². The Morgan fingerprint density at radius 1 is 0.357 bits per heavy atom. The largest absolute Gasteiger partial charge is 0.306 e. The van der Waals surface area contributed by atoms with Crippen LogP contribution in [0.25, 0.3) is 67.8 Å². The van der Waals surface area contributed by atoms with Gasteiger partial charge < -0.3 is 9.13 Å². The topological polar surface area (TPSA) is 69.8 Å². The number of aromatic nitrogens is 4. The van der Waals surface area contributed by atoms with Crippen LogP contribution in [0.1, 0.15) is 94.2 Å². The van der Waals surface area contributed by atoms with Gasteiger partial charge >= 0.3 is 0 Å². The number of rotatable bonds is 4. The third kappa shape index (κ3) is 6.66. The van der Waals surface area contributed by atoms with Crippen LogP contribution in [0.4, 0.5) is 0 Å². The number of nitrogens with zero attached hydrogens (tertiary/aromatic N) is 4. The molecule has 6 heteroatoms. The summed E-state index contributed by atoms with van der Waals surface area (Å²) in [5.41, 5.74) is 12.1. The highest BCUT2D eigenvalue weighted by Gasteiger charge is 2.52. The standard InChI is InChI=1S/C64H62N4O2/c1-59(2,3)47-35-63(36-48(55(47)69)60(4,5)6)45-29-21-19-27-43(45)53-51(39-23-15-13-16-24-39)65-57(67(53)63)41-31-33-42(34-32-41)58-66-52(40-25-17-14-18-26-40)54-44-28-20-22-30-46(44)64(68(54)58)37-49(61(7,8)9)56(70)50(38-64)62(10,11)12/h13-38H,1-12H3. The van der Waals surface area contributed by atoms with Crippen LogP contribution in [0.5, 0.6) is 0 Å². The molecule has 70 heavy (non-hydrogen) atoms. The van der Waals surface area contributed by atoms with Gasteiger partial charge in [-0.05, 0) is 57.1 Å². The Kier molecular flexibility index (Phi) is 9.80. The number of allylic oxidation sites excluding steroid dienone is 8. The molecule has 0 bridgehead atoms. The maximum Gasteiger partial charge on any atom is 0.185 e. The van der Waals surface area contributed by atoms with Crippen molar-refractivity contribution in [1.82, 2.24) is 19.1 Å². The van der Waals surface area contributed by atoms with Gasteiger partial charge in [-0.1, -0.05) is 217 Å². The van der Waals surface area contributed by atoms with Gasteiger partial charge in [-0.3, -0.25) is 9.59 Å². The molecule has 6 nitrogen and oxygen atoms in total. The van der Waals surface area contributed by atoms with Crippen LogP contribution in [0.15, 0.2) is 180 Å². The summed E-state index contributed by atoms with van der Waals surface area (Å²) in [5, 5.41) is 0. The predicted octanol–water partition coefficient (Wildman–Crippen LogP) is 15.3. The van der Waals surface area contributed by atoms with Crippen molar-refractivity contribution in [3.05, 3.63) is 191 Å². The van der Waals surface area contributed by atoms with Crippen molar-refractivity contribution in [2.45, 2.75) is 94.2 Å². The summed E-state index contributed by atoms with van der Waals surface area (Å²) in [6.07, 6.45) is 8.94. The average molecular weight is 919 g/mol. The van der Waals surface area contributed by atoms with E-state index in [1.165, 1.54) is 0 Å². The van der Waals surface area contributed by atoms with E-state index in [-0.39, 0.29) is 11.6 Å². The van der Waals surface area contributed by atoms with Gasteiger partial charge in [0, 0.05) is 55.7 Å². The summed E-state index contributed by atoms with van der Waals surface area (Å²) in [6, 6.07) is 46.9. The minimum atomic E-state index is -0.835. The zero-order valence-electron chi connectivity index (χ0n) is 42.6. The number of Topliss-reactive ketones (excluding diaryl/α,β-unsaturated/α-hetero) is 2. The number of ketones is 2. The summed E-state index contributed by atoms with van der Waals surface area (Å²) in [6.45, 7) is 25.7. The molecule has 0 N–H and O–H groups in total. The lowest BCUT2D eigenvalue weighted by Gasteiger charge is -2.39. The fourth-order valence-electron chi connectivity index (χ4n) is 11.4. The van der Waals surface area contributed by atoms with Crippen molar-refractivity contribution in [3.63, 3.8) is 0 Å². The van der Waals surface area contributed by atoms with Crippen molar-refractivity contribution >= 4 is 11.6 Å². The first-order valence-corrected chi connectivity index (χ1v) is 24.8. The van der Waals surface area contributed by atoms with Crippen LogP contribution in [0.3, 0.4) is 0 Å². The van der Waals surface area contributed by atoms with Gasteiger partial charge in [-0.15, -0.1) is 0 Å². The molecule has 4 heterocycles. The SMILES string of the molecule is CC(C)(C)C1=CC2(C=C(C(C)(C)C)C1=O)c1ccccc1-c1c(-c3ccccc3)nc(-c3ccc(-c4nc(-c5ccccc5)c5n4C4(C=C(C(C)(C)C)C(=O)C(C(C)(C)C)=C4)c4ccccc4-5)cc3)n12. The third-order valence-electron chi connectivity index (χ3n) is 14.9. The molecule has 2 aromatic heterocycles. The van der Waals surface area contributed by atoms with Gasteiger partial charge in [0.25, 0.3) is 0 Å². The predicted molar refractivity (Wildman–Crippen MR) is 285 cm³/mol. The zero-order valence-corrected chi connectivity index (χ0v) is 42.6. The molecule has 0 saturated heterocycles. The van der Waals surface area contributed by atoms with Gasteiger partial charge in [-0.25, -0.2) is 9.97 Å². The highest BCUT2D eigenvalue weighted by atomic mass is 16.1. The molecule has 0 radical (unpaired) electrons. The average Bonchev–Trinajstić information content (AvgIpc) is 4.05. The molecule has 11 rings (SSSR count). The molecule has 0 unspecified atom stereocenters. The lowest BCUT2D eigenvalue weighted by Crippen LogP contribution is -2.38. The minimum absolute atomic E-state index is 0.101. The first-order chi connectivity index (χ1) is 33.0. The summed E-state index contributed by atoms with van der Waals surface area (Å²) in [5.74, 6) is 1.82. The normalized spacial score (nSPS) is 16.9. The summed E-state index contributed by atoms with van der Waals surface area (Å²) >= 11 is 0. The van der Waals surface area contributed by atoms with Crippen molar-refractivity contribution in [2.24, 2.45) is 21.7 Å². The number of imidazole rings is 2. The summed E-state index contributed by atoms with van der Waals surface area (Å²) in [4.78, 5) is 40.6. The first kappa shape index (κ1) is 45.3. The van der Waals surface area contributed by atoms with Crippen LogP contribution in [-0.4, -0.2) is 30.7 Å².